The number of piperazine rings is 1. The Labute approximate surface area is 108 Å². The monoisotopic (exact) mass is 253 g/mol. The largest absolute Gasteiger partial charge is 0.352 e. The van der Waals surface area contributed by atoms with Gasteiger partial charge in [0.15, 0.2) is 0 Å². The van der Waals surface area contributed by atoms with E-state index in [2.05, 4.69) is 5.32 Å². The van der Waals surface area contributed by atoms with Crippen molar-refractivity contribution in [2.45, 2.75) is 45.1 Å². The van der Waals surface area contributed by atoms with E-state index in [9.17, 15) is 9.59 Å². The molecule has 0 aromatic heterocycles. The van der Waals surface area contributed by atoms with Crippen molar-refractivity contribution in [3.63, 3.8) is 0 Å². The lowest BCUT2D eigenvalue weighted by Gasteiger charge is -2.45. The van der Waals surface area contributed by atoms with Gasteiger partial charge < -0.3 is 16.0 Å². The van der Waals surface area contributed by atoms with E-state index in [1.165, 1.54) is 0 Å². The Kier molecular flexibility index (Phi) is 3.36. The molecule has 0 unspecified atom stereocenters. The van der Waals surface area contributed by atoms with Crippen LogP contribution in [0.4, 0.5) is 0 Å². The van der Waals surface area contributed by atoms with Crippen LogP contribution >= 0.6 is 0 Å². The van der Waals surface area contributed by atoms with Gasteiger partial charge in [0, 0.05) is 19.5 Å². The van der Waals surface area contributed by atoms with Crippen LogP contribution in [-0.2, 0) is 9.59 Å². The topological polar surface area (TPSA) is 75.4 Å². The van der Waals surface area contributed by atoms with Gasteiger partial charge in [0.1, 0.15) is 5.54 Å². The third-order valence-electron chi connectivity index (χ3n) is 4.53. The molecule has 102 valence electrons. The zero-order valence-corrected chi connectivity index (χ0v) is 11.3. The Morgan fingerprint density at radius 2 is 2.11 bits per heavy atom. The van der Waals surface area contributed by atoms with Gasteiger partial charge in [-0.05, 0) is 38.6 Å². The summed E-state index contributed by atoms with van der Waals surface area (Å²) >= 11 is 0. The predicted molar refractivity (Wildman–Crippen MR) is 68.8 cm³/mol. The summed E-state index contributed by atoms with van der Waals surface area (Å²) < 4.78 is 0. The van der Waals surface area contributed by atoms with Crippen molar-refractivity contribution in [2.75, 3.05) is 19.6 Å². The first-order valence-electron chi connectivity index (χ1n) is 6.70. The number of rotatable bonds is 3. The number of nitrogens with one attached hydrogen (secondary N) is 1. The molecule has 1 heterocycles. The number of hydrogen-bond acceptors (Lipinski definition) is 3. The average molecular weight is 253 g/mol. The van der Waals surface area contributed by atoms with Gasteiger partial charge >= 0.3 is 0 Å². The number of carbonyl (C=O) groups is 2. The fourth-order valence-corrected chi connectivity index (χ4v) is 2.88. The van der Waals surface area contributed by atoms with Crippen LogP contribution in [0.25, 0.3) is 0 Å². The molecule has 1 saturated heterocycles. The maximum absolute atomic E-state index is 12.4. The maximum Gasteiger partial charge on any atom is 0.245 e. The smallest absolute Gasteiger partial charge is 0.245 e. The highest BCUT2D eigenvalue weighted by Gasteiger charge is 2.44. The van der Waals surface area contributed by atoms with E-state index in [4.69, 9.17) is 5.73 Å². The van der Waals surface area contributed by atoms with Crippen LogP contribution in [0.1, 0.15) is 39.5 Å². The van der Waals surface area contributed by atoms with E-state index in [0.29, 0.717) is 26.1 Å². The molecule has 2 aliphatic rings. The quantitative estimate of drug-likeness (QED) is 0.756. The first-order chi connectivity index (χ1) is 8.41. The van der Waals surface area contributed by atoms with Crippen molar-refractivity contribution in [3.8, 4) is 0 Å². The molecule has 5 heteroatoms. The Hall–Kier alpha value is -1.10. The summed E-state index contributed by atoms with van der Waals surface area (Å²) in [4.78, 5) is 25.9. The second-order valence-corrected chi connectivity index (χ2v) is 6.09. The summed E-state index contributed by atoms with van der Waals surface area (Å²) in [5.41, 5.74) is 5.05. The first kappa shape index (κ1) is 13.3. The zero-order chi connectivity index (χ0) is 13.4. The Morgan fingerprint density at radius 3 is 2.61 bits per heavy atom. The summed E-state index contributed by atoms with van der Waals surface area (Å²) in [5.74, 6) is -0.00231. The summed E-state index contributed by atoms with van der Waals surface area (Å²) in [6.45, 7) is 5.31. The van der Waals surface area contributed by atoms with E-state index >= 15 is 0 Å². The molecule has 0 spiro atoms. The van der Waals surface area contributed by atoms with Gasteiger partial charge in [0.05, 0.1) is 0 Å². The number of nitrogens with two attached hydrogens (primary N) is 1. The van der Waals surface area contributed by atoms with Gasteiger partial charge in [-0.3, -0.25) is 9.59 Å². The van der Waals surface area contributed by atoms with Crippen molar-refractivity contribution in [1.82, 2.24) is 10.2 Å². The van der Waals surface area contributed by atoms with E-state index in [0.717, 1.165) is 19.3 Å². The van der Waals surface area contributed by atoms with Crippen molar-refractivity contribution < 1.29 is 9.59 Å². The summed E-state index contributed by atoms with van der Waals surface area (Å²) in [6.07, 6.45) is 3.72. The lowest BCUT2D eigenvalue weighted by molar-refractivity contribution is -0.151. The molecule has 0 bridgehead atoms. The molecule has 2 amide bonds. The van der Waals surface area contributed by atoms with Crippen LogP contribution in [0, 0.1) is 5.41 Å². The SMILES string of the molecule is CC1(C)C(=O)NCCN1C(=O)CC1(CN)CCC1. The molecule has 3 N–H and O–H groups in total. The molecule has 1 saturated carbocycles. The number of hydrogen-bond donors (Lipinski definition) is 2. The minimum atomic E-state index is -0.741. The van der Waals surface area contributed by atoms with Crippen molar-refractivity contribution >= 4 is 11.8 Å². The highest BCUT2D eigenvalue weighted by Crippen LogP contribution is 2.43. The fraction of sp³-hybridized carbons (Fsp3) is 0.846. The highest BCUT2D eigenvalue weighted by molar-refractivity contribution is 5.92. The molecule has 1 aliphatic heterocycles. The maximum atomic E-state index is 12.4. The van der Waals surface area contributed by atoms with Gasteiger partial charge in [0.2, 0.25) is 11.8 Å². The van der Waals surface area contributed by atoms with Crippen molar-refractivity contribution in [2.24, 2.45) is 11.1 Å². The van der Waals surface area contributed by atoms with Gasteiger partial charge in [-0.1, -0.05) is 6.42 Å². The van der Waals surface area contributed by atoms with Gasteiger partial charge in [-0.15, -0.1) is 0 Å². The van der Waals surface area contributed by atoms with Crippen LogP contribution in [0.2, 0.25) is 0 Å². The molecule has 0 aromatic carbocycles. The predicted octanol–water partition coefficient (Wildman–Crippen LogP) is 0.243. The summed E-state index contributed by atoms with van der Waals surface area (Å²) in [7, 11) is 0. The molecule has 2 rings (SSSR count). The molecule has 5 nitrogen and oxygen atoms in total. The minimum absolute atomic E-state index is 0.00108. The van der Waals surface area contributed by atoms with Gasteiger partial charge in [-0.2, -0.15) is 0 Å². The number of nitrogens with zero attached hydrogens (tertiary/aromatic N) is 1. The van der Waals surface area contributed by atoms with E-state index in [1.807, 2.05) is 0 Å². The van der Waals surface area contributed by atoms with Crippen LogP contribution in [0.3, 0.4) is 0 Å². The molecule has 18 heavy (non-hydrogen) atoms. The standard InChI is InChI=1S/C13H23N3O2/c1-12(2)11(18)15-6-7-16(12)10(17)8-13(9-14)4-3-5-13/h3-9,14H2,1-2H3,(H,15,18). The van der Waals surface area contributed by atoms with E-state index in [-0.39, 0.29) is 17.2 Å². The van der Waals surface area contributed by atoms with Gasteiger partial charge in [-0.25, -0.2) is 0 Å². The van der Waals surface area contributed by atoms with Crippen molar-refractivity contribution in [3.05, 3.63) is 0 Å². The summed E-state index contributed by atoms with van der Waals surface area (Å²) in [5, 5.41) is 2.80. The zero-order valence-electron chi connectivity index (χ0n) is 11.3. The average Bonchev–Trinajstić information content (AvgIpc) is 2.27. The molecule has 0 radical (unpaired) electrons. The molecular weight excluding hydrogens is 230 g/mol. The van der Waals surface area contributed by atoms with Crippen molar-refractivity contribution in [1.29, 1.82) is 0 Å². The van der Waals surface area contributed by atoms with Crippen LogP contribution in [0.15, 0.2) is 0 Å². The van der Waals surface area contributed by atoms with E-state index in [1.54, 1.807) is 18.7 Å². The highest BCUT2D eigenvalue weighted by atomic mass is 16.2. The lowest BCUT2D eigenvalue weighted by atomic mass is 9.66. The second kappa shape index (κ2) is 4.53. The number of amides is 2. The van der Waals surface area contributed by atoms with Crippen LogP contribution < -0.4 is 11.1 Å². The Bertz CT molecular complexity index is 356. The normalized spacial score (nSPS) is 25.3. The summed E-state index contributed by atoms with van der Waals surface area (Å²) in [6, 6.07) is 0. The molecule has 2 fully saturated rings. The number of carbonyl (C=O) groups excluding carboxylic acids is 2. The molecular formula is C13H23N3O2. The Balaban J connectivity index is 2.06. The first-order valence-corrected chi connectivity index (χ1v) is 6.70. The van der Waals surface area contributed by atoms with Crippen LogP contribution in [-0.4, -0.2) is 41.9 Å². The lowest BCUT2D eigenvalue weighted by Crippen LogP contribution is -2.64. The molecule has 0 aromatic rings. The van der Waals surface area contributed by atoms with Gasteiger partial charge in [0.25, 0.3) is 0 Å². The minimum Gasteiger partial charge on any atom is -0.352 e. The molecule has 0 atom stereocenters. The third-order valence-corrected chi connectivity index (χ3v) is 4.53. The van der Waals surface area contributed by atoms with E-state index < -0.39 is 5.54 Å². The third kappa shape index (κ3) is 2.11. The molecule has 1 aliphatic carbocycles. The van der Waals surface area contributed by atoms with Crippen LogP contribution in [0.5, 0.6) is 0 Å². The second-order valence-electron chi connectivity index (χ2n) is 6.09. The Morgan fingerprint density at radius 1 is 1.44 bits per heavy atom. The fourth-order valence-electron chi connectivity index (χ4n) is 2.88.